The number of piperazine rings is 1. The predicted molar refractivity (Wildman–Crippen MR) is 82.4 cm³/mol. The van der Waals surface area contributed by atoms with E-state index in [1.807, 2.05) is 18.2 Å². The lowest BCUT2D eigenvalue weighted by Gasteiger charge is -2.35. The molecule has 6 heteroatoms. The highest BCUT2D eigenvalue weighted by atomic mass is 35.5. The van der Waals surface area contributed by atoms with E-state index in [4.69, 9.17) is 11.6 Å². The number of allylic oxidation sites excluding steroid dienone is 1. The lowest BCUT2D eigenvalue weighted by molar-refractivity contribution is 0.271. The lowest BCUT2D eigenvalue weighted by Crippen LogP contribution is -2.49. The second kappa shape index (κ2) is 6.72. The van der Waals surface area contributed by atoms with Gasteiger partial charge in [0.15, 0.2) is 0 Å². The van der Waals surface area contributed by atoms with Gasteiger partial charge >= 0.3 is 0 Å². The molecule has 1 saturated heterocycles. The van der Waals surface area contributed by atoms with Crippen molar-refractivity contribution in [3.8, 4) is 0 Å². The van der Waals surface area contributed by atoms with Gasteiger partial charge in [-0.15, -0.1) is 6.58 Å². The minimum absolute atomic E-state index is 0.105. The van der Waals surface area contributed by atoms with E-state index >= 15 is 0 Å². The summed E-state index contributed by atoms with van der Waals surface area (Å²) in [4.78, 5) is 0. The molecule has 0 saturated carbocycles. The highest BCUT2D eigenvalue weighted by Gasteiger charge is 2.32. The quantitative estimate of drug-likeness (QED) is 0.848. The first kappa shape index (κ1) is 15.5. The van der Waals surface area contributed by atoms with E-state index in [2.05, 4.69) is 11.9 Å². The van der Waals surface area contributed by atoms with Crippen LogP contribution in [0.2, 0.25) is 5.02 Å². The maximum absolute atomic E-state index is 12.4. The van der Waals surface area contributed by atoms with E-state index in [0.29, 0.717) is 31.1 Å². The fourth-order valence-corrected chi connectivity index (χ4v) is 4.22. The summed E-state index contributed by atoms with van der Waals surface area (Å²) in [6.07, 6.45) is 2.10. The molecule has 1 unspecified atom stereocenters. The molecule has 0 bridgehead atoms. The molecule has 1 N–H and O–H groups in total. The number of sulfonamides is 1. The standard InChI is InChI=1S/C14H19ClN2O2S/c1-2-3-9-20(18,19)17-8-7-16-11-14(17)12-5-4-6-13(15)10-12/h2,4-6,10,14,16H,1,3,7-9,11H2. The number of rotatable bonds is 5. The van der Waals surface area contributed by atoms with Crippen molar-refractivity contribution in [1.29, 1.82) is 0 Å². The molecule has 1 aliphatic heterocycles. The monoisotopic (exact) mass is 314 g/mol. The fraction of sp³-hybridized carbons (Fsp3) is 0.429. The van der Waals surface area contributed by atoms with Crippen LogP contribution < -0.4 is 5.32 Å². The molecule has 0 amide bonds. The molecule has 110 valence electrons. The van der Waals surface area contributed by atoms with E-state index in [0.717, 1.165) is 5.56 Å². The predicted octanol–water partition coefficient (Wildman–Crippen LogP) is 2.19. The average molecular weight is 315 g/mol. The molecule has 0 spiro atoms. The van der Waals surface area contributed by atoms with E-state index in [-0.39, 0.29) is 11.8 Å². The second-order valence-electron chi connectivity index (χ2n) is 4.78. The van der Waals surface area contributed by atoms with Crippen LogP contribution in [0.15, 0.2) is 36.9 Å². The molecular formula is C14H19ClN2O2S. The van der Waals surface area contributed by atoms with Crippen molar-refractivity contribution in [2.24, 2.45) is 0 Å². The van der Waals surface area contributed by atoms with Crippen molar-refractivity contribution in [3.63, 3.8) is 0 Å². The average Bonchev–Trinajstić information content (AvgIpc) is 2.45. The molecule has 4 nitrogen and oxygen atoms in total. The van der Waals surface area contributed by atoms with Crippen molar-refractivity contribution in [1.82, 2.24) is 9.62 Å². The van der Waals surface area contributed by atoms with Crippen molar-refractivity contribution >= 4 is 21.6 Å². The fourth-order valence-electron chi connectivity index (χ4n) is 2.37. The van der Waals surface area contributed by atoms with Crippen LogP contribution in [-0.2, 0) is 10.0 Å². The summed E-state index contributed by atoms with van der Waals surface area (Å²) < 4.78 is 26.4. The minimum atomic E-state index is -3.28. The number of nitrogens with one attached hydrogen (secondary N) is 1. The van der Waals surface area contributed by atoms with Gasteiger partial charge in [-0.1, -0.05) is 29.8 Å². The highest BCUT2D eigenvalue weighted by molar-refractivity contribution is 7.89. The van der Waals surface area contributed by atoms with Gasteiger partial charge in [0.1, 0.15) is 0 Å². The first-order valence-electron chi connectivity index (χ1n) is 6.61. The zero-order chi connectivity index (χ0) is 14.6. The van der Waals surface area contributed by atoms with Crippen LogP contribution in [-0.4, -0.2) is 38.1 Å². The van der Waals surface area contributed by atoms with Gasteiger partial charge in [-0.25, -0.2) is 8.42 Å². The minimum Gasteiger partial charge on any atom is -0.313 e. The summed E-state index contributed by atoms with van der Waals surface area (Å²) >= 11 is 6.01. The van der Waals surface area contributed by atoms with Crippen LogP contribution in [0, 0.1) is 0 Å². The Balaban J connectivity index is 2.27. The molecular weight excluding hydrogens is 296 g/mol. The zero-order valence-corrected chi connectivity index (χ0v) is 12.8. The Labute approximate surface area is 125 Å². The lowest BCUT2D eigenvalue weighted by atomic mass is 10.1. The number of hydrogen-bond donors (Lipinski definition) is 1. The Morgan fingerprint density at radius 3 is 3.00 bits per heavy atom. The van der Waals surface area contributed by atoms with Crippen LogP contribution in [0.4, 0.5) is 0 Å². The largest absolute Gasteiger partial charge is 0.313 e. The molecule has 1 aromatic rings. The van der Waals surface area contributed by atoms with Gasteiger partial charge in [0.2, 0.25) is 10.0 Å². The molecule has 2 rings (SSSR count). The molecule has 1 aliphatic rings. The van der Waals surface area contributed by atoms with Crippen LogP contribution >= 0.6 is 11.6 Å². The first-order valence-corrected chi connectivity index (χ1v) is 8.60. The number of benzene rings is 1. The van der Waals surface area contributed by atoms with Crippen LogP contribution in [0.25, 0.3) is 0 Å². The van der Waals surface area contributed by atoms with Crippen LogP contribution in [0.5, 0.6) is 0 Å². The Hall–Kier alpha value is -0.880. The van der Waals surface area contributed by atoms with Crippen molar-refractivity contribution in [3.05, 3.63) is 47.5 Å². The van der Waals surface area contributed by atoms with Crippen LogP contribution in [0.1, 0.15) is 18.0 Å². The van der Waals surface area contributed by atoms with Gasteiger partial charge in [0.05, 0.1) is 11.8 Å². The molecule has 0 radical (unpaired) electrons. The topological polar surface area (TPSA) is 49.4 Å². The summed E-state index contributed by atoms with van der Waals surface area (Å²) in [5, 5.41) is 3.86. The third-order valence-electron chi connectivity index (χ3n) is 3.36. The SMILES string of the molecule is C=CCCS(=O)(=O)N1CCNCC1c1cccc(Cl)c1. The maximum Gasteiger partial charge on any atom is 0.215 e. The van der Waals surface area contributed by atoms with Gasteiger partial charge in [-0.2, -0.15) is 4.31 Å². The van der Waals surface area contributed by atoms with Gasteiger partial charge in [0.25, 0.3) is 0 Å². The molecule has 1 fully saturated rings. The van der Waals surface area contributed by atoms with E-state index in [9.17, 15) is 8.42 Å². The molecule has 0 aliphatic carbocycles. The Kier molecular flexibility index (Phi) is 5.21. The maximum atomic E-state index is 12.4. The van der Waals surface area contributed by atoms with Crippen molar-refractivity contribution in [2.45, 2.75) is 12.5 Å². The van der Waals surface area contributed by atoms with E-state index in [1.165, 1.54) is 0 Å². The van der Waals surface area contributed by atoms with Gasteiger partial charge in [0, 0.05) is 24.7 Å². The Morgan fingerprint density at radius 2 is 2.30 bits per heavy atom. The number of halogens is 1. The second-order valence-corrected chi connectivity index (χ2v) is 7.26. The van der Waals surface area contributed by atoms with E-state index < -0.39 is 10.0 Å². The number of nitrogens with zero attached hydrogens (tertiary/aromatic N) is 1. The smallest absolute Gasteiger partial charge is 0.215 e. The Morgan fingerprint density at radius 1 is 1.50 bits per heavy atom. The van der Waals surface area contributed by atoms with Crippen LogP contribution in [0.3, 0.4) is 0 Å². The third-order valence-corrected chi connectivity index (χ3v) is 5.50. The zero-order valence-electron chi connectivity index (χ0n) is 11.3. The van der Waals surface area contributed by atoms with E-state index in [1.54, 1.807) is 16.4 Å². The summed E-state index contributed by atoms with van der Waals surface area (Å²) in [6, 6.07) is 7.19. The third kappa shape index (κ3) is 3.61. The normalized spacial score (nSPS) is 20.8. The summed E-state index contributed by atoms with van der Waals surface area (Å²) in [6.45, 7) is 5.34. The number of hydrogen-bond acceptors (Lipinski definition) is 3. The molecule has 0 aromatic heterocycles. The Bertz CT molecular complexity index is 574. The summed E-state index contributed by atoms with van der Waals surface area (Å²) in [5.74, 6) is 0.105. The van der Waals surface area contributed by atoms with Gasteiger partial charge in [-0.3, -0.25) is 0 Å². The molecule has 1 heterocycles. The molecule has 20 heavy (non-hydrogen) atoms. The van der Waals surface area contributed by atoms with Gasteiger partial charge in [-0.05, 0) is 24.1 Å². The highest BCUT2D eigenvalue weighted by Crippen LogP contribution is 2.27. The van der Waals surface area contributed by atoms with Gasteiger partial charge < -0.3 is 5.32 Å². The summed E-state index contributed by atoms with van der Waals surface area (Å²) in [7, 11) is -3.28. The summed E-state index contributed by atoms with van der Waals surface area (Å²) in [5.41, 5.74) is 0.923. The molecule has 1 atom stereocenters. The molecule has 1 aromatic carbocycles. The van der Waals surface area contributed by atoms with Crippen molar-refractivity contribution in [2.75, 3.05) is 25.4 Å². The van der Waals surface area contributed by atoms with Crippen molar-refractivity contribution < 1.29 is 8.42 Å². The first-order chi connectivity index (χ1) is 9.54.